The minimum Gasteiger partial charge on any atom is -0.378 e. The van der Waals surface area contributed by atoms with Crippen LogP contribution in [0.1, 0.15) is 78.1 Å². The van der Waals surface area contributed by atoms with Crippen molar-refractivity contribution in [2.45, 2.75) is 84.2 Å². The van der Waals surface area contributed by atoms with Crippen molar-refractivity contribution in [2.24, 2.45) is 5.92 Å². The molecule has 0 radical (unpaired) electrons. The van der Waals surface area contributed by atoms with Gasteiger partial charge in [0, 0.05) is 13.0 Å². The lowest BCUT2D eigenvalue weighted by molar-refractivity contribution is -0.117. The Hall–Kier alpha value is -0.370. The van der Waals surface area contributed by atoms with Crippen LogP contribution in [-0.4, -0.2) is 18.5 Å². The first kappa shape index (κ1) is 15.7. The lowest BCUT2D eigenvalue weighted by Gasteiger charge is -2.28. The Balaban J connectivity index is 1.99. The highest BCUT2D eigenvalue weighted by Gasteiger charge is 2.21. The van der Waals surface area contributed by atoms with E-state index in [0.717, 1.165) is 25.4 Å². The van der Waals surface area contributed by atoms with Crippen LogP contribution in [0.15, 0.2) is 0 Å². The summed E-state index contributed by atoms with van der Waals surface area (Å²) in [6.45, 7) is 4.89. The summed E-state index contributed by atoms with van der Waals surface area (Å²) < 4.78 is 5.94. The van der Waals surface area contributed by atoms with E-state index in [1.54, 1.807) is 6.92 Å². The number of carbonyl (C=O) groups is 1. The molecule has 0 unspecified atom stereocenters. The van der Waals surface area contributed by atoms with Crippen molar-refractivity contribution < 1.29 is 9.53 Å². The van der Waals surface area contributed by atoms with Crippen LogP contribution in [0.4, 0.5) is 0 Å². The maximum absolute atomic E-state index is 11.0. The van der Waals surface area contributed by atoms with Crippen LogP contribution < -0.4 is 0 Å². The molecule has 2 heteroatoms. The van der Waals surface area contributed by atoms with Crippen molar-refractivity contribution in [3.05, 3.63) is 0 Å². The van der Waals surface area contributed by atoms with Crippen molar-refractivity contribution in [1.82, 2.24) is 0 Å². The fourth-order valence-corrected chi connectivity index (χ4v) is 2.77. The Morgan fingerprint density at radius 2 is 1.83 bits per heavy atom. The van der Waals surface area contributed by atoms with E-state index in [-0.39, 0.29) is 0 Å². The molecule has 1 rings (SSSR count). The van der Waals surface area contributed by atoms with Crippen LogP contribution in [0, 0.1) is 5.92 Å². The standard InChI is InChI=1S/C16H30O2/c1-3-4-5-6-13-18-16-11-9-15(10-12-16)8-7-14(2)17/h15-16H,3-13H2,1-2H3. The summed E-state index contributed by atoms with van der Waals surface area (Å²) in [5.41, 5.74) is 0. The largest absolute Gasteiger partial charge is 0.378 e. The molecular formula is C16H30O2. The molecule has 1 saturated carbocycles. The fourth-order valence-electron chi connectivity index (χ4n) is 2.77. The molecule has 0 N–H and O–H groups in total. The number of hydrogen-bond acceptors (Lipinski definition) is 2. The summed E-state index contributed by atoms with van der Waals surface area (Å²) in [5.74, 6) is 1.11. The van der Waals surface area contributed by atoms with Gasteiger partial charge in [0.2, 0.25) is 0 Å². The van der Waals surface area contributed by atoms with E-state index in [1.165, 1.54) is 51.4 Å². The molecule has 0 aliphatic heterocycles. The van der Waals surface area contributed by atoms with E-state index in [4.69, 9.17) is 4.74 Å². The second-order valence-electron chi connectivity index (χ2n) is 5.81. The molecule has 1 fully saturated rings. The van der Waals surface area contributed by atoms with Crippen LogP contribution in [0.2, 0.25) is 0 Å². The minimum atomic E-state index is 0.337. The highest BCUT2D eigenvalue weighted by Crippen LogP contribution is 2.29. The van der Waals surface area contributed by atoms with Gasteiger partial charge in [0.1, 0.15) is 5.78 Å². The van der Waals surface area contributed by atoms with Crippen molar-refractivity contribution in [3.8, 4) is 0 Å². The molecule has 0 bridgehead atoms. The van der Waals surface area contributed by atoms with Gasteiger partial charge in [-0.25, -0.2) is 0 Å². The molecule has 0 atom stereocenters. The lowest BCUT2D eigenvalue weighted by atomic mass is 9.84. The van der Waals surface area contributed by atoms with Gasteiger partial charge in [0.05, 0.1) is 6.10 Å². The van der Waals surface area contributed by atoms with Gasteiger partial charge in [0.15, 0.2) is 0 Å². The fraction of sp³-hybridized carbons (Fsp3) is 0.938. The third-order valence-electron chi connectivity index (χ3n) is 4.05. The number of rotatable bonds is 9. The number of carbonyl (C=O) groups excluding carboxylic acids is 1. The number of Topliss-reactive ketones (excluding diaryl/α,β-unsaturated/α-hetero) is 1. The van der Waals surface area contributed by atoms with Crippen LogP contribution in [0.5, 0.6) is 0 Å². The summed E-state index contributed by atoms with van der Waals surface area (Å²) >= 11 is 0. The van der Waals surface area contributed by atoms with Crippen LogP contribution in [-0.2, 0) is 9.53 Å². The second-order valence-corrected chi connectivity index (χ2v) is 5.81. The van der Waals surface area contributed by atoms with Gasteiger partial charge in [-0.3, -0.25) is 0 Å². The maximum atomic E-state index is 11.0. The van der Waals surface area contributed by atoms with Gasteiger partial charge in [0.25, 0.3) is 0 Å². The molecule has 0 heterocycles. The molecule has 0 aromatic carbocycles. The van der Waals surface area contributed by atoms with Crippen LogP contribution in [0.25, 0.3) is 0 Å². The van der Waals surface area contributed by atoms with Gasteiger partial charge >= 0.3 is 0 Å². The van der Waals surface area contributed by atoms with Crippen LogP contribution in [0.3, 0.4) is 0 Å². The van der Waals surface area contributed by atoms with Gasteiger partial charge in [-0.15, -0.1) is 0 Å². The van der Waals surface area contributed by atoms with E-state index in [0.29, 0.717) is 11.9 Å². The lowest BCUT2D eigenvalue weighted by Crippen LogP contribution is -2.22. The van der Waals surface area contributed by atoms with Gasteiger partial charge in [-0.05, 0) is 51.4 Å². The summed E-state index contributed by atoms with van der Waals surface area (Å²) in [7, 11) is 0. The summed E-state index contributed by atoms with van der Waals surface area (Å²) in [4.78, 5) is 11.0. The Morgan fingerprint density at radius 3 is 2.44 bits per heavy atom. The summed E-state index contributed by atoms with van der Waals surface area (Å²) in [6, 6.07) is 0. The molecule has 0 spiro atoms. The molecule has 2 nitrogen and oxygen atoms in total. The van der Waals surface area contributed by atoms with E-state index >= 15 is 0 Å². The molecule has 0 aromatic heterocycles. The zero-order chi connectivity index (χ0) is 13.2. The smallest absolute Gasteiger partial charge is 0.129 e. The molecule has 0 amide bonds. The maximum Gasteiger partial charge on any atom is 0.129 e. The number of unbranched alkanes of at least 4 members (excludes halogenated alkanes) is 3. The summed E-state index contributed by atoms with van der Waals surface area (Å²) in [5, 5.41) is 0. The van der Waals surface area contributed by atoms with E-state index in [1.807, 2.05) is 0 Å². The van der Waals surface area contributed by atoms with E-state index < -0.39 is 0 Å². The van der Waals surface area contributed by atoms with Crippen molar-refractivity contribution in [2.75, 3.05) is 6.61 Å². The minimum absolute atomic E-state index is 0.337. The zero-order valence-electron chi connectivity index (χ0n) is 12.2. The van der Waals surface area contributed by atoms with Crippen molar-refractivity contribution in [3.63, 3.8) is 0 Å². The average molecular weight is 254 g/mol. The Bertz CT molecular complexity index is 217. The molecule has 106 valence electrons. The molecule has 18 heavy (non-hydrogen) atoms. The molecular weight excluding hydrogens is 224 g/mol. The van der Waals surface area contributed by atoms with Gasteiger partial charge in [-0.1, -0.05) is 26.2 Å². The topological polar surface area (TPSA) is 26.3 Å². The first-order valence-corrected chi connectivity index (χ1v) is 7.83. The number of ketones is 1. The van der Waals surface area contributed by atoms with E-state index in [9.17, 15) is 4.79 Å². The molecule has 1 aliphatic carbocycles. The highest BCUT2D eigenvalue weighted by molar-refractivity contribution is 5.75. The van der Waals surface area contributed by atoms with Crippen molar-refractivity contribution >= 4 is 5.78 Å². The Morgan fingerprint density at radius 1 is 1.11 bits per heavy atom. The Kier molecular flexibility index (Phi) is 8.32. The number of hydrogen-bond donors (Lipinski definition) is 0. The normalized spacial score (nSPS) is 24.1. The zero-order valence-corrected chi connectivity index (χ0v) is 12.2. The third-order valence-corrected chi connectivity index (χ3v) is 4.05. The third kappa shape index (κ3) is 7.15. The quantitative estimate of drug-likeness (QED) is 0.566. The number of ether oxygens (including phenoxy) is 1. The van der Waals surface area contributed by atoms with Gasteiger partial charge < -0.3 is 9.53 Å². The van der Waals surface area contributed by atoms with E-state index in [2.05, 4.69) is 6.92 Å². The van der Waals surface area contributed by atoms with Crippen LogP contribution >= 0.6 is 0 Å². The average Bonchev–Trinajstić information content (AvgIpc) is 2.37. The highest BCUT2D eigenvalue weighted by atomic mass is 16.5. The molecule has 0 aromatic rings. The Labute approximate surface area is 112 Å². The first-order valence-electron chi connectivity index (χ1n) is 7.83. The van der Waals surface area contributed by atoms with Gasteiger partial charge in [-0.2, -0.15) is 0 Å². The first-order chi connectivity index (χ1) is 8.72. The monoisotopic (exact) mass is 254 g/mol. The molecule has 1 aliphatic rings. The predicted molar refractivity (Wildman–Crippen MR) is 75.8 cm³/mol. The van der Waals surface area contributed by atoms with Crippen molar-refractivity contribution in [1.29, 1.82) is 0 Å². The molecule has 0 saturated heterocycles. The predicted octanol–water partition coefficient (Wildman–Crippen LogP) is 4.51. The second kappa shape index (κ2) is 9.55. The summed E-state index contributed by atoms with van der Waals surface area (Å²) in [6.07, 6.45) is 12.4. The SMILES string of the molecule is CCCCCCOC1CCC(CCC(C)=O)CC1.